The molecule has 0 fully saturated rings. The van der Waals surface area contributed by atoms with Crippen LogP contribution in [0.25, 0.3) is 12.3 Å². The first-order valence-electron chi connectivity index (χ1n) is 4.41. The highest BCUT2D eigenvalue weighted by molar-refractivity contribution is 5.51. The number of nitrogens with zero attached hydrogens (tertiary/aromatic N) is 2. The van der Waals surface area contributed by atoms with Gasteiger partial charge in [0.1, 0.15) is 17.8 Å². The summed E-state index contributed by atoms with van der Waals surface area (Å²) in [5.41, 5.74) is 5.40. The predicted molar refractivity (Wildman–Crippen MR) is 55.5 cm³/mol. The number of fused-ring (bicyclic) bond motifs is 1. The topological polar surface area (TPSA) is 75.9 Å². The molecule has 1 aliphatic rings. The van der Waals surface area contributed by atoms with Crippen molar-refractivity contribution in [2.75, 3.05) is 12.4 Å². The highest BCUT2D eigenvalue weighted by Crippen LogP contribution is 1.98. The van der Waals surface area contributed by atoms with E-state index in [1.165, 1.54) is 6.33 Å². The first-order chi connectivity index (χ1) is 6.62. The maximum absolute atomic E-state index is 5.93. The summed E-state index contributed by atoms with van der Waals surface area (Å²) >= 11 is 0. The summed E-state index contributed by atoms with van der Waals surface area (Å²) in [5.74, 6) is 0.796. The molecule has 0 aliphatic carbocycles. The van der Waals surface area contributed by atoms with Crippen LogP contribution >= 0.6 is 0 Å². The number of hydrogen-bond donors (Lipinski definition) is 3. The van der Waals surface area contributed by atoms with E-state index in [1.807, 2.05) is 20.0 Å². The molecule has 0 radical (unpaired) electrons. The van der Waals surface area contributed by atoms with Crippen LogP contribution < -0.4 is 26.9 Å². The first kappa shape index (κ1) is 8.96. The number of hydrogen-bond acceptors (Lipinski definition) is 5. The molecule has 5 heteroatoms. The fourth-order valence-electron chi connectivity index (χ4n) is 1.43. The minimum atomic E-state index is -0.538. The maximum atomic E-state index is 5.93. The lowest BCUT2D eigenvalue weighted by molar-refractivity contribution is 0.567. The van der Waals surface area contributed by atoms with Crippen LogP contribution in [-0.2, 0) is 0 Å². The summed E-state index contributed by atoms with van der Waals surface area (Å²) in [6, 6.07) is 0. The lowest BCUT2D eigenvalue weighted by Gasteiger charge is -2.23. The van der Waals surface area contributed by atoms with Gasteiger partial charge in [0, 0.05) is 18.5 Å². The van der Waals surface area contributed by atoms with Gasteiger partial charge in [0.05, 0.1) is 5.35 Å². The van der Waals surface area contributed by atoms with E-state index >= 15 is 0 Å². The second kappa shape index (κ2) is 2.95. The Morgan fingerprint density at radius 2 is 2.29 bits per heavy atom. The third kappa shape index (κ3) is 1.42. The van der Waals surface area contributed by atoms with Crippen LogP contribution in [0.1, 0.15) is 6.92 Å². The molecule has 74 valence electrons. The molecule has 2 rings (SSSR count). The van der Waals surface area contributed by atoms with Crippen LogP contribution in [0, 0.1) is 0 Å². The van der Waals surface area contributed by atoms with Gasteiger partial charge in [0.2, 0.25) is 0 Å². The molecule has 0 spiro atoms. The van der Waals surface area contributed by atoms with Crippen molar-refractivity contribution in [1.29, 1.82) is 0 Å². The van der Waals surface area contributed by atoms with Gasteiger partial charge in [-0.2, -0.15) is 0 Å². The molecule has 1 aliphatic heterocycles. The van der Waals surface area contributed by atoms with Crippen molar-refractivity contribution in [3.8, 4) is 0 Å². The number of nitrogens with two attached hydrogens (primary N) is 1. The third-order valence-corrected chi connectivity index (χ3v) is 2.12. The second-order valence-corrected chi connectivity index (χ2v) is 3.49. The van der Waals surface area contributed by atoms with E-state index in [-0.39, 0.29) is 0 Å². The maximum Gasteiger partial charge on any atom is 0.136 e. The molecule has 1 aromatic rings. The fraction of sp³-hybridized carbons (Fsp3) is 0.333. The zero-order valence-electron chi connectivity index (χ0n) is 8.20. The van der Waals surface area contributed by atoms with E-state index < -0.39 is 5.66 Å². The average molecular weight is 191 g/mol. The Morgan fingerprint density at radius 3 is 3.00 bits per heavy atom. The molecule has 0 bridgehead atoms. The van der Waals surface area contributed by atoms with Crippen molar-refractivity contribution in [3.05, 3.63) is 16.9 Å². The van der Waals surface area contributed by atoms with Crippen LogP contribution in [0.5, 0.6) is 0 Å². The summed E-state index contributed by atoms with van der Waals surface area (Å²) in [6.45, 7) is 1.89. The molecule has 14 heavy (non-hydrogen) atoms. The highest BCUT2D eigenvalue weighted by atomic mass is 15.1. The SMILES string of the molecule is CNc1ncnc2c1=CC(C)(N)NC=2. The van der Waals surface area contributed by atoms with Gasteiger partial charge in [-0.25, -0.2) is 9.97 Å². The van der Waals surface area contributed by atoms with Crippen LogP contribution in [0.15, 0.2) is 6.33 Å². The number of rotatable bonds is 1. The molecule has 4 N–H and O–H groups in total. The van der Waals surface area contributed by atoms with Crippen molar-refractivity contribution in [1.82, 2.24) is 15.3 Å². The standard InChI is InChI=1S/C9H13N5/c1-9(10)3-6-7(4-14-9)12-5-13-8(6)11-2/h3-5,14H,10H2,1-2H3,(H,11,12,13). The lowest BCUT2D eigenvalue weighted by Crippen LogP contribution is -2.53. The Bertz CT molecular complexity index is 463. The summed E-state index contributed by atoms with van der Waals surface area (Å²) < 4.78 is 0. The summed E-state index contributed by atoms with van der Waals surface area (Å²) in [7, 11) is 1.83. The molecule has 1 unspecified atom stereocenters. The van der Waals surface area contributed by atoms with Crippen molar-refractivity contribution in [3.63, 3.8) is 0 Å². The van der Waals surface area contributed by atoms with Gasteiger partial charge in [0.15, 0.2) is 0 Å². The number of nitrogens with one attached hydrogen (secondary N) is 2. The van der Waals surface area contributed by atoms with Gasteiger partial charge in [-0.15, -0.1) is 0 Å². The van der Waals surface area contributed by atoms with Crippen LogP contribution in [0.4, 0.5) is 5.82 Å². The van der Waals surface area contributed by atoms with Gasteiger partial charge >= 0.3 is 0 Å². The van der Waals surface area contributed by atoms with Gasteiger partial charge in [0.25, 0.3) is 0 Å². The smallest absolute Gasteiger partial charge is 0.136 e. The van der Waals surface area contributed by atoms with Crippen molar-refractivity contribution >= 4 is 18.1 Å². The predicted octanol–water partition coefficient (Wildman–Crippen LogP) is -1.69. The summed E-state index contributed by atoms with van der Waals surface area (Å²) in [4.78, 5) is 8.26. The van der Waals surface area contributed by atoms with Crippen LogP contribution in [0.2, 0.25) is 0 Å². The Labute approximate surface area is 81.7 Å². The van der Waals surface area contributed by atoms with Crippen LogP contribution in [0.3, 0.4) is 0 Å². The van der Waals surface area contributed by atoms with Gasteiger partial charge in [-0.05, 0) is 13.0 Å². The minimum absolute atomic E-state index is 0.538. The Morgan fingerprint density at radius 1 is 1.50 bits per heavy atom. The Hall–Kier alpha value is -1.62. The molecule has 0 saturated carbocycles. The average Bonchev–Trinajstić information content (AvgIpc) is 2.15. The molecule has 0 aromatic carbocycles. The number of anilines is 1. The van der Waals surface area contributed by atoms with E-state index in [4.69, 9.17) is 5.73 Å². The minimum Gasteiger partial charge on any atom is -0.373 e. The van der Waals surface area contributed by atoms with Crippen molar-refractivity contribution < 1.29 is 0 Å². The fourth-order valence-corrected chi connectivity index (χ4v) is 1.43. The molecular weight excluding hydrogens is 178 g/mol. The molecule has 1 atom stereocenters. The van der Waals surface area contributed by atoms with E-state index in [2.05, 4.69) is 20.6 Å². The van der Waals surface area contributed by atoms with E-state index in [1.54, 1.807) is 6.20 Å². The van der Waals surface area contributed by atoms with Crippen molar-refractivity contribution in [2.45, 2.75) is 12.6 Å². The largest absolute Gasteiger partial charge is 0.373 e. The zero-order valence-corrected chi connectivity index (χ0v) is 8.20. The van der Waals surface area contributed by atoms with Crippen molar-refractivity contribution in [2.24, 2.45) is 5.73 Å². The Balaban J connectivity index is 2.75. The van der Waals surface area contributed by atoms with E-state index in [0.717, 1.165) is 16.4 Å². The van der Waals surface area contributed by atoms with E-state index in [9.17, 15) is 0 Å². The van der Waals surface area contributed by atoms with Gasteiger partial charge in [-0.1, -0.05) is 0 Å². The molecule has 0 amide bonds. The summed E-state index contributed by atoms with van der Waals surface area (Å²) in [6.07, 6.45) is 5.24. The normalized spacial score (nSPS) is 23.9. The molecule has 5 nitrogen and oxygen atoms in total. The van der Waals surface area contributed by atoms with Gasteiger partial charge < -0.3 is 16.4 Å². The quantitative estimate of drug-likeness (QED) is 0.494. The zero-order chi connectivity index (χ0) is 10.2. The Kier molecular flexibility index (Phi) is 1.89. The van der Waals surface area contributed by atoms with E-state index in [0.29, 0.717) is 0 Å². The molecule has 2 heterocycles. The van der Waals surface area contributed by atoms with Crippen LogP contribution in [-0.4, -0.2) is 22.7 Å². The summed E-state index contributed by atoms with van der Waals surface area (Å²) in [5, 5.41) is 7.85. The second-order valence-electron chi connectivity index (χ2n) is 3.49. The first-order valence-corrected chi connectivity index (χ1v) is 4.41. The highest BCUT2D eigenvalue weighted by Gasteiger charge is 2.16. The third-order valence-electron chi connectivity index (χ3n) is 2.12. The lowest BCUT2D eigenvalue weighted by atomic mass is 10.1. The monoisotopic (exact) mass is 191 g/mol. The van der Waals surface area contributed by atoms with Gasteiger partial charge in [-0.3, -0.25) is 0 Å². The molecular formula is C9H13N5. The number of aromatic nitrogens is 2. The molecule has 1 aromatic heterocycles. The molecule has 0 saturated heterocycles.